The number of hydrogen-bond donors (Lipinski definition) is 1. The maximum Gasteiger partial charge on any atom is 0.277 e. The van der Waals surface area contributed by atoms with E-state index in [9.17, 15) is 4.79 Å². The Balaban J connectivity index is 1.71. The number of carbonyl (C=O) groups excluding carboxylic acids is 1. The van der Waals surface area contributed by atoms with Crippen LogP contribution in [0.25, 0.3) is 0 Å². The van der Waals surface area contributed by atoms with E-state index in [4.69, 9.17) is 9.47 Å². The van der Waals surface area contributed by atoms with Crippen molar-refractivity contribution < 1.29 is 14.3 Å². The summed E-state index contributed by atoms with van der Waals surface area (Å²) < 4.78 is 11.1. The van der Waals surface area contributed by atoms with Crippen molar-refractivity contribution in [2.45, 2.75) is 39.5 Å². The van der Waals surface area contributed by atoms with Crippen LogP contribution in [-0.4, -0.2) is 25.3 Å². The summed E-state index contributed by atoms with van der Waals surface area (Å²) in [5, 5.41) is 3.95. The molecule has 5 heteroatoms. The second kappa shape index (κ2) is 11.7. The number of benzene rings is 2. The van der Waals surface area contributed by atoms with Crippen LogP contribution in [0, 0.1) is 0 Å². The lowest BCUT2D eigenvalue weighted by atomic mass is 10.1. The Labute approximate surface area is 161 Å². The molecule has 2 aromatic rings. The first-order chi connectivity index (χ1) is 13.2. The summed E-state index contributed by atoms with van der Waals surface area (Å²) >= 11 is 0. The average molecular weight is 368 g/mol. The second-order valence-electron chi connectivity index (χ2n) is 6.25. The molecular formula is C22H28N2O3. The van der Waals surface area contributed by atoms with Gasteiger partial charge in [-0.2, -0.15) is 5.10 Å². The molecule has 0 spiro atoms. The van der Waals surface area contributed by atoms with Crippen molar-refractivity contribution in [3.8, 4) is 11.5 Å². The molecule has 1 amide bonds. The monoisotopic (exact) mass is 368 g/mol. The molecule has 0 aromatic heterocycles. The van der Waals surface area contributed by atoms with E-state index in [0.29, 0.717) is 5.75 Å². The lowest BCUT2D eigenvalue weighted by Crippen LogP contribution is -2.24. The third-order valence-corrected chi connectivity index (χ3v) is 3.88. The molecule has 0 heterocycles. The van der Waals surface area contributed by atoms with Crippen LogP contribution in [0.15, 0.2) is 53.6 Å². The highest BCUT2D eigenvalue weighted by Gasteiger charge is 2.02. The number of hydrazone groups is 1. The highest BCUT2D eigenvalue weighted by atomic mass is 16.5. The standard InChI is InChI=1S/C22H28N2O3/c1-3-5-15-26-20-13-9-19(10-14-20)16-23-24-22(25)17-27-21-11-7-18(6-4-2)8-12-21/h7-14,16H,3-6,15,17H2,1-2H3,(H,24,25). The van der Waals surface area contributed by atoms with E-state index in [1.165, 1.54) is 5.56 Å². The Hall–Kier alpha value is -2.82. The molecule has 1 N–H and O–H groups in total. The first kappa shape index (κ1) is 20.5. The second-order valence-corrected chi connectivity index (χ2v) is 6.25. The lowest BCUT2D eigenvalue weighted by molar-refractivity contribution is -0.123. The van der Waals surface area contributed by atoms with Crippen molar-refractivity contribution in [2.24, 2.45) is 5.10 Å². The van der Waals surface area contributed by atoms with Gasteiger partial charge in [0.05, 0.1) is 12.8 Å². The Morgan fingerprint density at radius 3 is 2.30 bits per heavy atom. The van der Waals surface area contributed by atoms with Gasteiger partial charge < -0.3 is 9.47 Å². The van der Waals surface area contributed by atoms with E-state index in [1.54, 1.807) is 6.21 Å². The van der Waals surface area contributed by atoms with Gasteiger partial charge in [0.1, 0.15) is 11.5 Å². The topological polar surface area (TPSA) is 59.9 Å². The van der Waals surface area contributed by atoms with E-state index in [2.05, 4.69) is 24.4 Å². The number of ether oxygens (including phenoxy) is 2. The minimum atomic E-state index is -0.302. The van der Waals surface area contributed by atoms with Gasteiger partial charge in [-0.25, -0.2) is 5.43 Å². The summed E-state index contributed by atoms with van der Waals surface area (Å²) in [4.78, 5) is 11.8. The van der Waals surface area contributed by atoms with Crippen LogP contribution in [0.5, 0.6) is 11.5 Å². The quantitative estimate of drug-likeness (QED) is 0.364. The van der Waals surface area contributed by atoms with Gasteiger partial charge in [0.15, 0.2) is 6.61 Å². The number of nitrogens with zero attached hydrogens (tertiary/aromatic N) is 1. The minimum Gasteiger partial charge on any atom is -0.494 e. The molecule has 144 valence electrons. The maximum atomic E-state index is 11.8. The molecule has 0 aliphatic carbocycles. The predicted octanol–water partition coefficient (Wildman–Crippen LogP) is 4.35. The lowest BCUT2D eigenvalue weighted by Gasteiger charge is -2.06. The number of unbranched alkanes of at least 4 members (excludes halogenated alkanes) is 1. The zero-order chi connectivity index (χ0) is 19.3. The van der Waals surface area contributed by atoms with E-state index in [1.807, 2.05) is 48.5 Å². The zero-order valence-electron chi connectivity index (χ0n) is 16.1. The first-order valence-electron chi connectivity index (χ1n) is 9.47. The number of aryl methyl sites for hydroxylation is 1. The molecule has 0 saturated heterocycles. The van der Waals surface area contributed by atoms with Gasteiger partial charge in [-0.3, -0.25) is 4.79 Å². The van der Waals surface area contributed by atoms with Crippen molar-refractivity contribution in [1.82, 2.24) is 5.43 Å². The summed E-state index contributed by atoms with van der Waals surface area (Å²) in [7, 11) is 0. The summed E-state index contributed by atoms with van der Waals surface area (Å²) in [6.45, 7) is 4.92. The van der Waals surface area contributed by atoms with Crippen LogP contribution in [-0.2, 0) is 11.2 Å². The third kappa shape index (κ3) is 7.94. The SMILES string of the molecule is CCCCOc1ccc(C=NNC(=O)COc2ccc(CCC)cc2)cc1. The van der Waals surface area contributed by atoms with Gasteiger partial charge >= 0.3 is 0 Å². The molecular weight excluding hydrogens is 340 g/mol. The number of hydrogen-bond acceptors (Lipinski definition) is 4. The van der Waals surface area contributed by atoms with Gasteiger partial charge in [0.25, 0.3) is 5.91 Å². The summed E-state index contributed by atoms with van der Waals surface area (Å²) in [5.74, 6) is 1.21. The Kier molecular flexibility index (Phi) is 8.90. The molecule has 0 atom stereocenters. The van der Waals surface area contributed by atoms with Crippen molar-refractivity contribution in [2.75, 3.05) is 13.2 Å². The third-order valence-electron chi connectivity index (χ3n) is 3.88. The molecule has 0 unspecified atom stereocenters. The molecule has 0 saturated carbocycles. The van der Waals surface area contributed by atoms with Gasteiger partial charge in [0, 0.05) is 0 Å². The van der Waals surface area contributed by atoms with Crippen molar-refractivity contribution in [3.63, 3.8) is 0 Å². The molecule has 0 bridgehead atoms. The Morgan fingerprint density at radius 1 is 0.963 bits per heavy atom. The predicted molar refractivity (Wildman–Crippen MR) is 109 cm³/mol. The van der Waals surface area contributed by atoms with Gasteiger partial charge in [0.2, 0.25) is 0 Å². The van der Waals surface area contributed by atoms with Gasteiger partial charge in [-0.15, -0.1) is 0 Å². The molecule has 0 aliphatic rings. The number of rotatable bonds is 11. The number of carbonyl (C=O) groups is 1. The Bertz CT molecular complexity index is 709. The fourth-order valence-electron chi connectivity index (χ4n) is 2.39. The largest absolute Gasteiger partial charge is 0.494 e. The Morgan fingerprint density at radius 2 is 1.63 bits per heavy atom. The highest BCUT2D eigenvalue weighted by molar-refractivity contribution is 5.83. The molecule has 0 aliphatic heterocycles. The fraction of sp³-hybridized carbons (Fsp3) is 0.364. The van der Waals surface area contributed by atoms with Crippen molar-refractivity contribution >= 4 is 12.1 Å². The first-order valence-corrected chi connectivity index (χ1v) is 9.47. The van der Waals surface area contributed by atoms with E-state index in [-0.39, 0.29) is 12.5 Å². The summed E-state index contributed by atoms with van der Waals surface area (Å²) in [6, 6.07) is 15.4. The molecule has 2 aromatic carbocycles. The maximum absolute atomic E-state index is 11.8. The van der Waals surface area contributed by atoms with E-state index in [0.717, 1.165) is 43.6 Å². The van der Waals surface area contributed by atoms with Crippen LogP contribution in [0.2, 0.25) is 0 Å². The summed E-state index contributed by atoms with van der Waals surface area (Å²) in [5.41, 5.74) is 4.61. The molecule has 0 fully saturated rings. The normalized spacial score (nSPS) is 10.7. The van der Waals surface area contributed by atoms with Crippen molar-refractivity contribution in [3.05, 3.63) is 59.7 Å². The van der Waals surface area contributed by atoms with E-state index < -0.39 is 0 Å². The fourth-order valence-corrected chi connectivity index (χ4v) is 2.39. The van der Waals surface area contributed by atoms with E-state index >= 15 is 0 Å². The highest BCUT2D eigenvalue weighted by Crippen LogP contribution is 2.13. The van der Waals surface area contributed by atoms with Crippen LogP contribution in [0.1, 0.15) is 44.2 Å². The van der Waals surface area contributed by atoms with Gasteiger partial charge in [-0.1, -0.05) is 38.8 Å². The van der Waals surface area contributed by atoms with Crippen LogP contribution in [0.3, 0.4) is 0 Å². The zero-order valence-corrected chi connectivity index (χ0v) is 16.1. The number of nitrogens with one attached hydrogen (secondary N) is 1. The molecule has 27 heavy (non-hydrogen) atoms. The van der Waals surface area contributed by atoms with Crippen molar-refractivity contribution in [1.29, 1.82) is 0 Å². The summed E-state index contributed by atoms with van der Waals surface area (Å²) in [6.07, 6.45) is 5.89. The molecule has 0 radical (unpaired) electrons. The minimum absolute atomic E-state index is 0.0747. The smallest absolute Gasteiger partial charge is 0.277 e. The molecule has 2 rings (SSSR count). The van der Waals surface area contributed by atoms with Crippen LogP contribution >= 0.6 is 0 Å². The molecule has 5 nitrogen and oxygen atoms in total. The average Bonchev–Trinajstić information content (AvgIpc) is 2.69. The van der Waals surface area contributed by atoms with Crippen LogP contribution in [0.4, 0.5) is 0 Å². The van der Waals surface area contributed by atoms with Crippen LogP contribution < -0.4 is 14.9 Å². The number of amides is 1. The van der Waals surface area contributed by atoms with Gasteiger partial charge in [-0.05, 0) is 60.4 Å².